The Balaban J connectivity index is 2.84. The van der Waals surface area contributed by atoms with Crippen LogP contribution < -0.4 is 5.32 Å². The van der Waals surface area contributed by atoms with Gasteiger partial charge in [-0.3, -0.25) is 9.69 Å². The predicted molar refractivity (Wildman–Crippen MR) is 54.5 cm³/mol. The fourth-order valence-electron chi connectivity index (χ4n) is 1.58. The molecule has 1 heterocycles. The zero-order valence-corrected chi connectivity index (χ0v) is 10.5. The number of imide groups is 1. The van der Waals surface area contributed by atoms with Gasteiger partial charge in [0.1, 0.15) is 6.04 Å². The fourth-order valence-corrected chi connectivity index (χ4v) is 1.58. The highest BCUT2D eigenvalue weighted by Crippen LogP contribution is 2.38. The van der Waals surface area contributed by atoms with Crippen molar-refractivity contribution in [2.45, 2.75) is 38.7 Å². The number of hydrogen-bond donors (Lipinski definition) is 1. The van der Waals surface area contributed by atoms with Gasteiger partial charge in [-0.15, -0.1) is 0 Å². The molecule has 116 valence electrons. The van der Waals surface area contributed by atoms with E-state index >= 15 is 0 Å². The van der Waals surface area contributed by atoms with Crippen LogP contribution >= 0.6 is 0 Å². The molecule has 0 aliphatic carbocycles. The average Bonchev–Trinajstić information content (AvgIpc) is 2.41. The van der Waals surface area contributed by atoms with Gasteiger partial charge in [0.25, 0.3) is 5.91 Å². The molecule has 3 amide bonds. The van der Waals surface area contributed by atoms with Gasteiger partial charge in [-0.1, -0.05) is 0 Å². The molecule has 1 aliphatic rings. The Labute approximate surface area is 110 Å². The highest BCUT2D eigenvalue weighted by Gasteiger charge is 2.52. The largest absolute Gasteiger partial charge is 0.395 e. The number of urea groups is 1. The van der Waals surface area contributed by atoms with Crippen LogP contribution in [0.4, 0.5) is 31.1 Å². The fraction of sp³-hybridized carbons (Fsp3) is 0.800. The summed E-state index contributed by atoms with van der Waals surface area (Å²) in [6.45, 7) is 0.477. The van der Waals surface area contributed by atoms with Gasteiger partial charge in [-0.05, 0) is 13.8 Å². The van der Waals surface area contributed by atoms with Crippen LogP contribution in [0.5, 0.6) is 0 Å². The predicted octanol–water partition coefficient (Wildman–Crippen LogP) is 2.45. The number of alkyl halides is 6. The first-order valence-corrected chi connectivity index (χ1v) is 5.50. The van der Waals surface area contributed by atoms with Crippen molar-refractivity contribution in [3.05, 3.63) is 0 Å². The summed E-state index contributed by atoms with van der Waals surface area (Å²) in [4.78, 5) is 23.1. The molecule has 0 radical (unpaired) electrons. The molecule has 1 N–H and O–H groups in total. The van der Waals surface area contributed by atoms with Crippen molar-refractivity contribution >= 4 is 11.9 Å². The maximum Gasteiger partial charge on any atom is 0.395 e. The van der Waals surface area contributed by atoms with Crippen LogP contribution in [0, 0.1) is 5.41 Å². The van der Waals surface area contributed by atoms with Gasteiger partial charge in [0.15, 0.2) is 0 Å². The second kappa shape index (κ2) is 4.81. The Morgan fingerprint density at radius 2 is 1.60 bits per heavy atom. The lowest BCUT2D eigenvalue weighted by molar-refractivity contribution is -0.214. The summed E-state index contributed by atoms with van der Waals surface area (Å²) in [5, 5.41) is 1.73. The van der Waals surface area contributed by atoms with Crippen LogP contribution in [-0.2, 0) is 4.79 Å². The van der Waals surface area contributed by atoms with E-state index in [1.807, 2.05) is 0 Å². The smallest absolute Gasteiger partial charge is 0.325 e. The number of amides is 3. The van der Waals surface area contributed by atoms with E-state index in [9.17, 15) is 35.9 Å². The molecular weight excluding hydrogens is 294 g/mol. The molecule has 10 heteroatoms. The van der Waals surface area contributed by atoms with Gasteiger partial charge in [0.2, 0.25) is 0 Å². The third-order valence-corrected chi connectivity index (χ3v) is 2.86. The summed E-state index contributed by atoms with van der Waals surface area (Å²) in [6.07, 6.45) is -11.0. The molecule has 1 aliphatic heterocycles. The van der Waals surface area contributed by atoms with Crippen molar-refractivity contribution in [1.29, 1.82) is 0 Å². The van der Waals surface area contributed by atoms with E-state index in [0.29, 0.717) is 0 Å². The van der Waals surface area contributed by atoms with Crippen LogP contribution in [0.3, 0.4) is 0 Å². The van der Waals surface area contributed by atoms with E-state index in [1.165, 1.54) is 0 Å². The number of nitrogens with zero attached hydrogens (tertiary/aromatic N) is 1. The number of carbonyl (C=O) groups excluding carboxylic acids is 2. The van der Waals surface area contributed by atoms with Crippen molar-refractivity contribution in [3.63, 3.8) is 0 Å². The van der Waals surface area contributed by atoms with E-state index in [0.717, 1.165) is 13.8 Å². The van der Waals surface area contributed by atoms with E-state index in [2.05, 4.69) is 0 Å². The lowest BCUT2D eigenvalue weighted by Crippen LogP contribution is -2.46. The van der Waals surface area contributed by atoms with Gasteiger partial charge in [-0.2, -0.15) is 26.3 Å². The Bertz CT molecular complexity index is 415. The standard InChI is InChI=1S/C10H12F6N2O2/c1-8(2,10(14,15)16)4-18-6(19)5(17-7(18)20)3-9(11,12)13/h5H,3-4H2,1-2H3,(H,17,20). The van der Waals surface area contributed by atoms with Crippen molar-refractivity contribution in [3.8, 4) is 0 Å². The number of hydrogen-bond acceptors (Lipinski definition) is 2. The van der Waals surface area contributed by atoms with Crippen LogP contribution in [-0.4, -0.2) is 41.8 Å². The zero-order chi connectivity index (χ0) is 15.9. The molecular formula is C10H12F6N2O2. The number of halogens is 6. The topological polar surface area (TPSA) is 49.4 Å². The summed E-state index contributed by atoms with van der Waals surface area (Å²) in [5.41, 5.74) is -2.41. The number of carbonyl (C=O) groups is 2. The van der Waals surface area contributed by atoms with Crippen LogP contribution in [0.25, 0.3) is 0 Å². The van der Waals surface area contributed by atoms with E-state index in [-0.39, 0.29) is 4.90 Å². The summed E-state index contributed by atoms with van der Waals surface area (Å²) >= 11 is 0. The molecule has 0 spiro atoms. The Morgan fingerprint density at radius 1 is 1.10 bits per heavy atom. The Hall–Kier alpha value is -1.48. The molecule has 1 saturated heterocycles. The quantitative estimate of drug-likeness (QED) is 0.643. The molecule has 1 unspecified atom stereocenters. The first-order valence-electron chi connectivity index (χ1n) is 5.50. The van der Waals surface area contributed by atoms with E-state index in [4.69, 9.17) is 0 Å². The Morgan fingerprint density at radius 3 is 2.00 bits per heavy atom. The number of rotatable bonds is 3. The summed E-state index contributed by atoms with van der Waals surface area (Å²) in [7, 11) is 0. The van der Waals surface area contributed by atoms with Gasteiger partial charge in [-0.25, -0.2) is 4.79 Å². The normalized spacial score (nSPS) is 21.4. The van der Waals surface area contributed by atoms with Crippen molar-refractivity contribution in [2.24, 2.45) is 5.41 Å². The highest BCUT2D eigenvalue weighted by molar-refractivity contribution is 6.04. The van der Waals surface area contributed by atoms with Gasteiger partial charge < -0.3 is 5.32 Å². The Kier molecular flexibility index (Phi) is 3.99. The molecule has 0 aromatic carbocycles. The highest BCUT2D eigenvalue weighted by atomic mass is 19.4. The summed E-state index contributed by atoms with van der Waals surface area (Å²) < 4.78 is 74.5. The average molecular weight is 306 g/mol. The molecule has 0 saturated carbocycles. The van der Waals surface area contributed by atoms with Crippen LogP contribution in [0.2, 0.25) is 0 Å². The van der Waals surface area contributed by atoms with Crippen LogP contribution in [0.1, 0.15) is 20.3 Å². The molecule has 1 atom stereocenters. The third-order valence-electron chi connectivity index (χ3n) is 2.86. The number of nitrogens with one attached hydrogen (secondary N) is 1. The SMILES string of the molecule is CC(C)(CN1C(=O)NC(CC(F)(F)F)C1=O)C(F)(F)F. The monoisotopic (exact) mass is 306 g/mol. The first kappa shape index (κ1) is 16.6. The summed E-state index contributed by atoms with van der Waals surface area (Å²) in [6, 6.07) is -3.12. The lowest BCUT2D eigenvalue weighted by atomic mass is 9.92. The third kappa shape index (κ3) is 3.54. The van der Waals surface area contributed by atoms with Crippen LogP contribution in [0.15, 0.2) is 0 Å². The van der Waals surface area contributed by atoms with Gasteiger partial charge in [0.05, 0.1) is 11.8 Å². The molecule has 0 bridgehead atoms. The molecule has 4 nitrogen and oxygen atoms in total. The van der Waals surface area contributed by atoms with Crippen molar-refractivity contribution < 1.29 is 35.9 Å². The zero-order valence-electron chi connectivity index (χ0n) is 10.5. The van der Waals surface area contributed by atoms with Crippen molar-refractivity contribution in [1.82, 2.24) is 10.2 Å². The van der Waals surface area contributed by atoms with E-state index < -0.39 is 48.7 Å². The molecule has 20 heavy (non-hydrogen) atoms. The molecule has 1 fully saturated rings. The maximum atomic E-state index is 12.7. The van der Waals surface area contributed by atoms with E-state index in [1.54, 1.807) is 5.32 Å². The molecule has 0 aromatic rings. The maximum absolute atomic E-state index is 12.7. The first-order chi connectivity index (χ1) is 8.74. The minimum absolute atomic E-state index is 0.171. The molecule has 0 aromatic heterocycles. The molecule has 1 rings (SSSR count). The van der Waals surface area contributed by atoms with Gasteiger partial charge in [0, 0.05) is 6.54 Å². The second-order valence-corrected chi connectivity index (χ2v) is 5.13. The van der Waals surface area contributed by atoms with Gasteiger partial charge >= 0.3 is 18.4 Å². The second-order valence-electron chi connectivity index (χ2n) is 5.13. The summed E-state index contributed by atoms with van der Waals surface area (Å²) in [5.74, 6) is -1.30. The minimum atomic E-state index is -4.71. The van der Waals surface area contributed by atoms with Crippen molar-refractivity contribution in [2.75, 3.05) is 6.54 Å². The lowest BCUT2D eigenvalue weighted by Gasteiger charge is -2.30. The minimum Gasteiger partial charge on any atom is -0.325 e.